The number of aryl methyl sites for hydroxylation is 2. The summed E-state index contributed by atoms with van der Waals surface area (Å²) < 4.78 is 5.75. The van der Waals surface area contributed by atoms with Crippen molar-refractivity contribution in [2.24, 2.45) is 5.84 Å². The minimum atomic E-state index is 0.142. The van der Waals surface area contributed by atoms with Crippen molar-refractivity contribution in [2.75, 3.05) is 6.61 Å². The highest BCUT2D eigenvalue weighted by atomic mass is 32.1. The lowest BCUT2D eigenvalue weighted by atomic mass is 9.92. The largest absolute Gasteiger partial charge is 0.493 e. The van der Waals surface area contributed by atoms with Gasteiger partial charge in [-0.25, -0.2) is 4.98 Å². The molecular formula is C15H19N3OS. The van der Waals surface area contributed by atoms with Crippen LogP contribution in [0.3, 0.4) is 0 Å². The van der Waals surface area contributed by atoms with Gasteiger partial charge < -0.3 is 4.74 Å². The Balaban J connectivity index is 1.81. The summed E-state index contributed by atoms with van der Waals surface area (Å²) in [6, 6.07) is 8.32. The predicted molar refractivity (Wildman–Crippen MR) is 81.1 cm³/mol. The highest BCUT2D eigenvalue weighted by molar-refractivity contribution is 7.11. The van der Waals surface area contributed by atoms with Crippen LogP contribution in [0.4, 0.5) is 0 Å². The Morgan fingerprint density at radius 2 is 2.25 bits per heavy atom. The first kappa shape index (κ1) is 13.5. The number of hydrogen-bond donors (Lipinski definition) is 2. The molecule has 2 aromatic rings. The molecule has 0 amide bonds. The van der Waals surface area contributed by atoms with Gasteiger partial charge >= 0.3 is 0 Å². The van der Waals surface area contributed by atoms with Crippen LogP contribution in [0.1, 0.15) is 27.1 Å². The lowest BCUT2D eigenvalue weighted by Crippen LogP contribution is -2.42. The van der Waals surface area contributed by atoms with Crippen molar-refractivity contribution >= 4 is 11.3 Å². The lowest BCUT2D eigenvalue weighted by molar-refractivity contribution is 0.297. The predicted octanol–water partition coefficient (Wildman–Crippen LogP) is 2.31. The van der Waals surface area contributed by atoms with Gasteiger partial charge in [-0.1, -0.05) is 18.2 Å². The van der Waals surface area contributed by atoms with Crippen molar-refractivity contribution in [2.45, 2.75) is 32.2 Å². The van der Waals surface area contributed by atoms with Gasteiger partial charge in [-0.3, -0.25) is 11.3 Å². The first-order valence-electron chi connectivity index (χ1n) is 6.80. The Hall–Kier alpha value is -1.43. The second kappa shape index (κ2) is 5.52. The molecule has 4 nitrogen and oxygen atoms in total. The number of rotatable bonds is 4. The zero-order valence-electron chi connectivity index (χ0n) is 11.7. The average Bonchev–Trinajstić information content (AvgIpc) is 3.00. The van der Waals surface area contributed by atoms with E-state index in [1.165, 1.54) is 10.4 Å². The molecule has 3 N–H and O–H groups in total. The van der Waals surface area contributed by atoms with Gasteiger partial charge in [-0.15, -0.1) is 11.3 Å². The molecule has 20 heavy (non-hydrogen) atoms. The molecule has 1 aromatic carbocycles. The minimum Gasteiger partial charge on any atom is -0.493 e. The topological polar surface area (TPSA) is 60.2 Å². The molecular weight excluding hydrogens is 270 g/mol. The summed E-state index contributed by atoms with van der Waals surface area (Å²) in [7, 11) is 0. The normalized spacial score (nSPS) is 18.6. The van der Waals surface area contributed by atoms with Crippen molar-refractivity contribution in [3.05, 3.63) is 45.4 Å². The lowest BCUT2D eigenvalue weighted by Gasteiger charge is -2.20. The number of aromatic nitrogens is 1. The van der Waals surface area contributed by atoms with E-state index in [2.05, 4.69) is 23.4 Å². The number of para-hydroxylation sites is 1. The maximum absolute atomic E-state index is 5.77. The van der Waals surface area contributed by atoms with E-state index in [9.17, 15) is 0 Å². The molecule has 0 aliphatic carbocycles. The van der Waals surface area contributed by atoms with Crippen molar-refractivity contribution in [1.29, 1.82) is 0 Å². The SMILES string of the molecule is Cc1nc(CC(NN)C2COc3ccccc32)sc1C. The number of hydrogen-bond acceptors (Lipinski definition) is 5. The maximum atomic E-state index is 5.77. The standard InChI is InChI=1S/C15H19N3OS/c1-9-10(2)20-15(17-9)7-13(18-16)12-8-19-14-6-4-3-5-11(12)14/h3-6,12-13,18H,7-8,16H2,1-2H3. The van der Waals surface area contributed by atoms with Crippen LogP contribution in [0.25, 0.3) is 0 Å². The van der Waals surface area contributed by atoms with E-state index in [0.717, 1.165) is 22.9 Å². The van der Waals surface area contributed by atoms with Crippen LogP contribution in [-0.2, 0) is 6.42 Å². The average molecular weight is 289 g/mol. The molecule has 0 bridgehead atoms. The number of nitrogens with two attached hydrogens (primary N) is 1. The Labute approximate surface area is 123 Å². The molecule has 0 saturated carbocycles. The summed E-state index contributed by atoms with van der Waals surface area (Å²) in [5.41, 5.74) is 5.30. The van der Waals surface area contributed by atoms with Crippen molar-refractivity contribution in [1.82, 2.24) is 10.4 Å². The highest BCUT2D eigenvalue weighted by Crippen LogP contribution is 2.36. The molecule has 1 aliphatic rings. The van der Waals surface area contributed by atoms with E-state index in [1.807, 2.05) is 25.1 Å². The number of nitrogens with zero attached hydrogens (tertiary/aromatic N) is 1. The molecule has 0 fully saturated rings. The first-order valence-corrected chi connectivity index (χ1v) is 7.61. The number of fused-ring (bicyclic) bond motifs is 1. The second-order valence-electron chi connectivity index (χ2n) is 5.18. The van der Waals surface area contributed by atoms with Gasteiger partial charge in [-0.2, -0.15) is 0 Å². The van der Waals surface area contributed by atoms with E-state index in [1.54, 1.807) is 11.3 Å². The van der Waals surface area contributed by atoms with Crippen LogP contribution < -0.4 is 16.0 Å². The van der Waals surface area contributed by atoms with Gasteiger partial charge in [0.1, 0.15) is 5.75 Å². The maximum Gasteiger partial charge on any atom is 0.122 e. The van der Waals surface area contributed by atoms with Crippen LogP contribution in [0, 0.1) is 13.8 Å². The summed E-state index contributed by atoms with van der Waals surface area (Å²) >= 11 is 1.75. The van der Waals surface area contributed by atoms with Crippen LogP contribution in [0.2, 0.25) is 0 Å². The molecule has 3 rings (SSSR count). The molecule has 1 aliphatic heterocycles. The number of ether oxygens (including phenoxy) is 1. The summed E-state index contributed by atoms with van der Waals surface area (Å²) in [5.74, 6) is 7.03. The fourth-order valence-electron chi connectivity index (χ4n) is 2.65. The first-order chi connectivity index (χ1) is 9.69. The van der Waals surface area contributed by atoms with Gasteiger partial charge in [0.05, 0.1) is 17.3 Å². The van der Waals surface area contributed by atoms with Crippen LogP contribution >= 0.6 is 11.3 Å². The van der Waals surface area contributed by atoms with Crippen LogP contribution in [0.5, 0.6) is 5.75 Å². The summed E-state index contributed by atoms with van der Waals surface area (Å²) in [6.07, 6.45) is 0.832. The molecule has 1 aromatic heterocycles. The van der Waals surface area contributed by atoms with Gasteiger partial charge in [0.25, 0.3) is 0 Å². The van der Waals surface area contributed by atoms with Gasteiger partial charge in [0, 0.05) is 28.8 Å². The fraction of sp³-hybridized carbons (Fsp3) is 0.400. The third kappa shape index (κ3) is 2.44. The Kier molecular flexibility index (Phi) is 3.74. The van der Waals surface area contributed by atoms with E-state index in [4.69, 9.17) is 10.6 Å². The summed E-state index contributed by atoms with van der Waals surface area (Å²) in [5, 5.41) is 1.13. The Morgan fingerprint density at radius 3 is 2.95 bits per heavy atom. The third-order valence-corrected chi connectivity index (χ3v) is 5.00. The van der Waals surface area contributed by atoms with Crippen molar-refractivity contribution < 1.29 is 4.74 Å². The van der Waals surface area contributed by atoms with Crippen LogP contribution in [-0.4, -0.2) is 17.6 Å². The fourth-order valence-corrected chi connectivity index (χ4v) is 3.64. The van der Waals surface area contributed by atoms with Crippen LogP contribution in [0.15, 0.2) is 24.3 Å². The van der Waals surface area contributed by atoms with Gasteiger partial charge in [0.2, 0.25) is 0 Å². The zero-order valence-corrected chi connectivity index (χ0v) is 12.5. The number of hydrazine groups is 1. The smallest absolute Gasteiger partial charge is 0.122 e. The molecule has 0 radical (unpaired) electrons. The van der Waals surface area contributed by atoms with E-state index in [-0.39, 0.29) is 12.0 Å². The minimum absolute atomic E-state index is 0.142. The van der Waals surface area contributed by atoms with E-state index in [0.29, 0.717) is 6.61 Å². The van der Waals surface area contributed by atoms with Gasteiger partial charge in [0.15, 0.2) is 0 Å². The van der Waals surface area contributed by atoms with Crippen molar-refractivity contribution in [3.63, 3.8) is 0 Å². The number of nitrogens with one attached hydrogen (secondary N) is 1. The number of thiazole rings is 1. The third-order valence-electron chi connectivity index (χ3n) is 3.90. The summed E-state index contributed by atoms with van der Waals surface area (Å²) in [6.45, 7) is 4.83. The van der Waals surface area contributed by atoms with E-state index < -0.39 is 0 Å². The Bertz CT molecular complexity index is 591. The zero-order chi connectivity index (χ0) is 14.1. The molecule has 0 saturated heterocycles. The highest BCUT2D eigenvalue weighted by Gasteiger charge is 2.31. The monoisotopic (exact) mass is 289 g/mol. The van der Waals surface area contributed by atoms with Crippen molar-refractivity contribution in [3.8, 4) is 5.75 Å². The molecule has 2 unspecified atom stereocenters. The van der Waals surface area contributed by atoms with E-state index >= 15 is 0 Å². The second-order valence-corrected chi connectivity index (χ2v) is 6.47. The van der Waals surface area contributed by atoms with Gasteiger partial charge in [-0.05, 0) is 19.9 Å². The quantitative estimate of drug-likeness (QED) is 0.670. The molecule has 0 spiro atoms. The molecule has 2 atom stereocenters. The molecule has 5 heteroatoms. The number of benzene rings is 1. The Morgan fingerprint density at radius 1 is 1.45 bits per heavy atom. The molecule has 2 heterocycles. The summed E-state index contributed by atoms with van der Waals surface area (Å²) in [4.78, 5) is 5.88. The molecule has 106 valence electrons.